The average Bonchev–Trinajstić information content (AvgIpc) is 2.88. The minimum atomic E-state index is -3.07. The smallest absolute Gasteiger partial charge is 0.414 e. The molecule has 2 aromatic carbocycles. The fraction of sp³-hybridized carbons (Fsp3) is 0.559. The van der Waals surface area contributed by atoms with Gasteiger partial charge in [0.1, 0.15) is 11.7 Å². The Morgan fingerprint density at radius 2 is 1.74 bits per heavy atom. The lowest BCUT2D eigenvalue weighted by molar-refractivity contribution is -0.147. The summed E-state index contributed by atoms with van der Waals surface area (Å²) in [6, 6.07) is 12.0. The van der Waals surface area contributed by atoms with Gasteiger partial charge in [-0.1, -0.05) is 74.3 Å². The number of rotatable bonds is 5. The topological polar surface area (TPSA) is 80.2 Å². The molecular weight excluding hydrogens is 651 g/mol. The number of ether oxygens (including phenoxy) is 1. The maximum absolute atomic E-state index is 15.4. The molecule has 1 saturated carbocycles. The van der Waals surface area contributed by atoms with Crippen LogP contribution in [0.2, 0.25) is 28.2 Å². The van der Waals surface area contributed by atoms with Gasteiger partial charge in [-0.2, -0.15) is 0 Å². The van der Waals surface area contributed by atoms with Gasteiger partial charge in [0.15, 0.2) is 8.32 Å². The van der Waals surface area contributed by atoms with Crippen LogP contribution in [-0.4, -0.2) is 54.8 Å². The molecule has 2 aromatic rings. The van der Waals surface area contributed by atoms with E-state index in [1.54, 1.807) is 45.9 Å². The highest BCUT2D eigenvalue weighted by molar-refractivity contribution is 6.74. The molecule has 1 heterocycles. The van der Waals surface area contributed by atoms with Crippen molar-refractivity contribution < 1.29 is 27.5 Å². The number of nitrogens with one attached hydrogen (secondary N) is 1. The van der Waals surface area contributed by atoms with Crippen LogP contribution in [0.4, 0.5) is 13.6 Å². The summed E-state index contributed by atoms with van der Waals surface area (Å²) in [6.07, 6.45) is -2.88. The van der Waals surface area contributed by atoms with Crippen LogP contribution in [-0.2, 0) is 19.5 Å². The third-order valence-corrected chi connectivity index (χ3v) is 14.2. The Balaban J connectivity index is 1.77. The van der Waals surface area contributed by atoms with Crippen molar-refractivity contribution >= 4 is 49.5 Å². The second-order valence-electron chi connectivity index (χ2n) is 15.0. The van der Waals surface area contributed by atoms with E-state index in [1.165, 1.54) is 4.90 Å². The molecule has 3 atom stereocenters. The predicted octanol–water partition coefficient (Wildman–Crippen LogP) is 9.57. The lowest BCUT2D eigenvalue weighted by atomic mass is 9.84. The summed E-state index contributed by atoms with van der Waals surface area (Å²) in [5.41, 5.74) is 0.0335. The molecule has 0 spiro atoms. The Labute approximate surface area is 282 Å². The monoisotopic (exact) mass is 695 g/mol. The average molecular weight is 697 g/mol. The Bertz CT molecular complexity index is 1520. The van der Waals surface area contributed by atoms with Crippen molar-refractivity contribution in [1.29, 1.82) is 0 Å². The first-order valence-corrected chi connectivity index (χ1v) is 19.2. The van der Waals surface area contributed by atoms with Gasteiger partial charge in [0, 0.05) is 23.0 Å². The van der Waals surface area contributed by atoms with E-state index in [4.69, 9.17) is 37.4 Å². The van der Waals surface area contributed by atoms with Gasteiger partial charge in [0.25, 0.3) is 5.92 Å². The Morgan fingerprint density at radius 1 is 1.09 bits per heavy atom. The van der Waals surface area contributed by atoms with Gasteiger partial charge in [-0.15, -0.1) is 0 Å². The zero-order valence-corrected chi connectivity index (χ0v) is 30.6. The van der Waals surface area contributed by atoms with E-state index in [1.807, 2.05) is 58.1 Å². The minimum Gasteiger partial charge on any atom is -0.444 e. The fourth-order valence-corrected chi connectivity index (χ4v) is 7.59. The summed E-state index contributed by atoms with van der Waals surface area (Å²) in [4.78, 5) is 33.5. The van der Waals surface area contributed by atoms with Crippen molar-refractivity contribution in [2.24, 2.45) is 4.99 Å². The van der Waals surface area contributed by atoms with E-state index in [0.717, 1.165) is 5.56 Å². The normalized spacial score (nSPS) is 24.0. The molecule has 1 fully saturated rings. The van der Waals surface area contributed by atoms with E-state index in [2.05, 4.69) is 5.32 Å². The van der Waals surface area contributed by atoms with E-state index < -0.39 is 50.0 Å². The number of alkyl carbamates (subject to hydrolysis) is 1. The Kier molecular flexibility index (Phi) is 10.1. The summed E-state index contributed by atoms with van der Waals surface area (Å²) < 4.78 is 42.5. The van der Waals surface area contributed by atoms with Gasteiger partial charge < -0.3 is 9.16 Å². The van der Waals surface area contributed by atoms with E-state index in [0.29, 0.717) is 21.2 Å². The molecule has 0 unspecified atom stereocenters. The SMILES string of the molecule is CC(C)(C)OC(=O)NC1=N[C@](C)(c2cccc(-c3cccc(Cl)c3)c2Cl)CC(=O)N1[C@@H]1CCC(F)(F)[C@H](O[Si](C)(C)C(C)(C)C)C1. The quantitative estimate of drug-likeness (QED) is 0.316. The number of aliphatic imine (C=N–C) groups is 1. The molecule has 46 heavy (non-hydrogen) atoms. The lowest BCUT2D eigenvalue weighted by Crippen LogP contribution is -2.61. The molecule has 0 aromatic heterocycles. The van der Waals surface area contributed by atoms with Gasteiger partial charge in [-0.25, -0.2) is 18.6 Å². The fourth-order valence-electron chi connectivity index (χ4n) is 5.63. The predicted molar refractivity (Wildman–Crippen MR) is 182 cm³/mol. The second-order valence-corrected chi connectivity index (χ2v) is 20.6. The number of amides is 2. The number of carbonyl (C=O) groups excluding carboxylic acids is 2. The van der Waals surface area contributed by atoms with Gasteiger partial charge in [-0.05, 0) is 81.9 Å². The molecule has 4 rings (SSSR count). The second kappa shape index (κ2) is 12.8. The summed E-state index contributed by atoms with van der Waals surface area (Å²) in [5, 5.41) is 3.31. The lowest BCUT2D eigenvalue weighted by Gasteiger charge is -2.47. The van der Waals surface area contributed by atoms with Gasteiger partial charge >= 0.3 is 6.09 Å². The number of nitrogens with zero attached hydrogens (tertiary/aromatic N) is 2. The first kappa shape index (κ1) is 36.3. The third-order valence-electron chi connectivity index (χ3n) is 9.05. The maximum atomic E-state index is 15.4. The van der Waals surface area contributed by atoms with Crippen molar-refractivity contribution in [3.05, 3.63) is 58.1 Å². The van der Waals surface area contributed by atoms with Crippen LogP contribution < -0.4 is 5.32 Å². The molecule has 1 aliphatic heterocycles. The molecule has 0 radical (unpaired) electrons. The standard InChI is InChI=1S/C34H45Cl2F2N3O4Si/c1-31(2,3)44-30(43)39-29-40-33(7,25-15-11-14-24(28(25)36)21-12-10-13-22(35)18-21)20-27(42)41(29)23-16-17-34(37,38)26(19-23)45-46(8,9)32(4,5)6/h10-15,18,23,26H,16-17,19-20H2,1-9H3,(H,39,40,43)/t23-,26-,33+/m1/s1. The van der Waals surface area contributed by atoms with Crippen LogP contribution in [0.3, 0.4) is 0 Å². The largest absolute Gasteiger partial charge is 0.444 e. The third kappa shape index (κ3) is 7.94. The zero-order valence-electron chi connectivity index (χ0n) is 28.1. The molecule has 2 amide bonds. The number of hydrogen-bond acceptors (Lipinski definition) is 5. The first-order chi connectivity index (χ1) is 21.0. The number of hydrogen-bond donors (Lipinski definition) is 1. The highest BCUT2D eigenvalue weighted by atomic mass is 35.5. The van der Waals surface area contributed by atoms with Crippen molar-refractivity contribution in [3.63, 3.8) is 0 Å². The number of halogens is 4. The van der Waals surface area contributed by atoms with Crippen LogP contribution in [0, 0.1) is 0 Å². The maximum Gasteiger partial charge on any atom is 0.414 e. The molecule has 1 aliphatic carbocycles. The van der Waals surface area contributed by atoms with Crippen molar-refractivity contribution in [3.8, 4) is 11.1 Å². The van der Waals surface area contributed by atoms with Gasteiger partial charge in [0.05, 0.1) is 17.0 Å². The Hall–Kier alpha value is -2.53. The summed E-state index contributed by atoms with van der Waals surface area (Å²) in [6.45, 7) is 16.8. The summed E-state index contributed by atoms with van der Waals surface area (Å²) >= 11 is 13.2. The van der Waals surface area contributed by atoms with E-state index in [9.17, 15) is 9.59 Å². The Morgan fingerprint density at radius 3 is 2.35 bits per heavy atom. The van der Waals surface area contributed by atoms with E-state index in [-0.39, 0.29) is 36.2 Å². The highest BCUT2D eigenvalue weighted by Gasteiger charge is 2.53. The van der Waals surface area contributed by atoms with Crippen LogP contribution in [0.5, 0.6) is 0 Å². The highest BCUT2D eigenvalue weighted by Crippen LogP contribution is 2.46. The van der Waals surface area contributed by atoms with E-state index >= 15 is 8.78 Å². The van der Waals surface area contributed by atoms with Crippen molar-refractivity contribution in [2.75, 3.05) is 0 Å². The van der Waals surface area contributed by atoms with Crippen LogP contribution in [0.1, 0.15) is 79.7 Å². The molecule has 7 nitrogen and oxygen atoms in total. The van der Waals surface area contributed by atoms with Crippen LogP contribution >= 0.6 is 23.2 Å². The molecule has 1 N–H and O–H groups in total. The number of guanidine groups is 1. The number of carbonyl (C=O) groups is 2. The summed E-state index contributed by atoms with van der Waals surface area (Å²) in [7, 11) is -2.58. The molecule has 0 saturated heterocycles. The van der Waals surface area contributed by atoms with Crippen molar-refractivity contribution in [2.45, 2.75) is 121 Å². The van der Waals surface area contributed by atoms with Gasteiger partial charge in [-0.3, -0.25) is 15.0 Å². The molecule has 2 aliphatic rings. The molecule has 12 heteroatoms. The van der Waals surface area contributed by atoms with Crippen molar-refractivity contribution in [1.82, 2.24) is 10.2 Å². The first-order valence-electron chi connectivity index (χ1n) is 15.6. The van der Waals surface area contributed by atoms with Gasteiger partial charge in [0.2, 0.25) is 11.9 Å². The molecule has 0 bridgehead atoms. The summed E-state index contributed by atoms with van der Waals surface area (Å²) in [5.74, 6) is -3.52. The number of alkyl halides is 2. The van der Waals surface area contributed by atoms with Crippen LogP contribution in [0.15, 0.2) is 47.5 Å². The zero-order chi connectivity index (χ0) is 34.5. The molecular formula is C34H45Cl2F2N3O4Si. The number of benzene rings is 2. The minimum absolute atomic E-state index is 0.00679. The molecule has 252 valence electrons. The van der Waals surface area contributed by atoms with Crippen LogP contribution in [0.25, 0.3) is 11.1 Å².